The number of hydrogen-bond acceptors (Lipinski definition) is 4. The number of hydrogen-bond donors (Lipinski definition) is 1. The fraction of sp³-hybridized carbons (Fsp3) is 0.231. The summed E-state index contributed by atoms with van der Waals surface area (Å²) in [5.74, 6) is -1.00. The van der Waals surface area contributed by atoms with Gasteiger partial charge in [0.05, 0.1) is 12.8 Å². The van der Waals surface area contributed by atoms with Crippen LogP contribution in [0.15, 0.2) is 72.8 Å². The van der Waals surface area contributed by atoms with Crippen molar-refractivity contribution >= 4 is 56.6 Å². The average molecular weight is 583 g/mol. The molecule has 0 aromatic heterocycles. The molecule has 7 nitrogen and oxygen atoms in total. The second-order valence-corrected chi connectivity index (χ2v) is 11.8. The standard InChI is InChI=1S/C26H26Cl3N3O4S/c1-31(37(2,35)36)17-24(33)32(16-18-8-11-21(27)12-9-18)25(19-6-4-3-5-7-19)26(34)30-15-20-10-13-22(28)14-23(20)29/h3-14,25H,15-17H2,1-2H3,(H,30,34). The highest BCUT2D eigenvalue weighted by Gasteiger charge is 2.33. The summed E-state index contributed by atoms with van der Waals surface area (Å²) >= 11 is 18.3. The van der Waals surface area contributed by atoms with E-state index < -0.39 is 34.4 Å². The first-order chi connectivity index (χ1) is 17.5. The number of nitrogens with zero attached hydrogens (tertiary/aromatic N) is 2. The molecule has 3 aromatic carbocycles. The molecule has 0 aliphatic carbocycles. The lowest BCUT2D eigenvalue weighted by molar-refractivity contribution is -0.141. The summed E-state index contributed by atoms with van der Waals surface area (Å²) in [6.45, 7) is -0.293. The van der Waals surface area contributed by atoms with Crippen molar-refractivity contribution in [2.24, 2.45) is 0 Å². The van der Waals surface area contributed by atoms with Crippen LogP contribution in [0.5, 0.6) is 0 Å². The van der Waals surface area contributed by atoms with E-state index in [9.17, 15) is 18.0 Å². The van der Waals surface area contributed by atoms with E-state index in [1.807, 2.05) is 0 Å². The minimum atomic E-state index is -3.63. The summed E-state index contributed by atoms with van der Waals surface area (Å²) in [5.41, 5.74) is 1.93. The van der Waals surface area contributed by atoms with E-state index >= 15 is 0 Å². The third-order valence-electron chi connectivity index (χ3n) is 5.65. The van der Waals surface area contributed by atoms with Crippen molar-refractivity contribution in [2.45, 2.75) is 19.1 Å². The van der Waals surface area contributed by atoms with Crippen LogP contribution >= 0.6 is 34.8 Å². The fourth-order valence-corrected chi connectivity index (χ4v) is 4.51. The Hall–Kier alpha value is -2.62. The number of sulfonamides is 1. The van der Waals surface area contributed by atoms with Crippen LogP contribution in [0.1, 0.15) is 22.7 Å². The first kappa shape index (κ1) is 28.9. The van der Waals surface area contributed by atoms with Gasteiger partial charge in [-0.05, 0) is 41.0 Å². The molecule has 2 amide bonds. The van der Waals surface area contributed by atoms with Crippen molar-refractivity contribution in [3.63, 3.8) is 0 Å². The molecule has 0 aliphatic rings. The molecular formula is C26H26Cl3N3O4S. The molecule has 0 fully saturated rings. The first-order valence-electron chi connectivity index (χ1n) is 11.2. The zero-order valence-corrected chi connectivity index (χ0v) is 23.3. The van der Waals surface area contributed by atoms with Gasteiger partial charge in [0, 0.05) is 35.2 Å². The molecule has 0 saturated carbocycles. The van der Waals surface area contributed by atoms with Crippen molar-refractivity contribution in [3.05, 3.63) is 105 Å². The average Bonchev–Trinajstić information content (AvgIpc) is 2.84. The predicted octanol–water partition coefficient (Wildman–Crippen LogP) is 4.92. The predicted molar refractivity (Wildman–Crippen MR) is 147 cm³/mol. The van der Waals surface area contributed by atoms with E-state index in [-0.39, 0.29) is 13.1 Å². The van der Waals surface area contributed by atoms with Crippen LogP contribution < -0.4 is 5.32 Å². The number of amides is 2. The van der Waals surface area contributed by atoms with Gasteiger partial charge < -0.3 is 10.2 Å². The van der Waals surface area contributed by atoms with E-state index in [0.29, 0.717) is 31.8 Å². The lowest BCUT2D eigenvalue weighted by Gasteiger charge is -2.32. The maximum atomic E-state index is 13.6. The minimum Gasteiger partial charge on any atom is -0.350 e. The Morgan fingerprint density at radius 1 is 0.919 bits per heavy atom. The van der Waals surface area contributed by atoms with Gasteiger partial charge in [0.2, 0.25) is 21.8 Å². The number of nitrogens with one attached hydrogen (secondary N) is 1. The Morgan fingerprint density at radius 2 is 1.54 bits per heavy atom. The van der Waals surface area contributed by atoms with Crippen LogP contribution in [0.4, 0.5) is 0 Å². The largest absolute Gasteiger partial charge is 0.350 e. The molecule has 3 rings (SSSR count). The summed E-state index contributed by atoms with van der Waals surface area (Å²) in [6.07, 6.45) is 1.01. The van der Waals surface area contributed by atoms with Crippen molar-refractivity contribution in [1.82, 2.24) is 14.5 Å². The van der Waals surface area contributed by atoms with Crippen LogP contribution in [-0.2, 0) is 32.7 Å². The van der Waals surface area contributed by atoms with Crippen LogP contribution in [0.25, 0.3) is 0 Å². The number of rotatable bonds is 10. The molecule has 196 valence electrons. The van der Waals surface area contributed by atoms with Gasteiger partial charge in [-0.15, -0.1) is 0 Å². The number of halogens is 3. The Bertz CT molecular complexity index is 1350. The third-order valence-corrected chi connectivity index (χ3v) is 7.75. The first-order valence-corrected chi connectivity index (χ1v) is 14.2. The SMILES string of the molecule is CN(CC(=O)N(Cc1ccc(Cl)cc1)C(C(=O)NCc1ccc(Cl)cc1Cl)c1ccccc1)S(C)(=O)=O. The third kappa shape index (κ3) is 8.18. The van der Waals surface area contributed by atoms with Gasteiger partial charge in [-0.3, -0.25) is 9.59 Å². The zero-order valence-electron chi connectivity index (χ0n) is 20.2. The molecular weight excluding hydrogens is 557 g/mol. The Balaban J connectivity index is 1.98. The van der Waals surface area contributed by atoms with Gasteiger partial charge >= 0.3 is 0 Å². The van der Waals surface area contributed by atoms with Crippen molar-refractivity contribution in [1.29, 1.82) is 0 Å². The molecule has 0 heterocycles. The quantitative estimate of drug-likeness (QED) is 0.368. The van der Waals surface area contributed by atoms with E-state index in [4.69, 9.17) is 34.8 Å². The van der Waals surface area contributed by atoms with Crippen LogP contribution in [0.3, 0.4) is 0 Å². The van der Waals surface area contributed by atoms with Crippen molar-refractivity contribution in [2.75, 3.05) is 19.8 Å². The molecule has 0 spiro atoms. The highest BCUT2D eigenvalue weighted by Crippen LogP contribution is 2.26. The summed E-state index contributed by atoms with van der Waals surface area (Å²) in [5, 5.41) is 4.25. The van der Waals surface area contributed by atoms with E-state index in [2.05, 4.69) is 5.32 Å². The highest BCUT2D eigenvalue weighted by molar-refractivity contribution is 7.88. The van der Waals surface area contributed by atoms with Gasteiger partial charge in [0.15, 0.2) is 0 Å². The van der Waals surface area contributed by atoms with E-state index in [1.165, 1.54) is 11.9 Å². The lowest BCUT2D eigenvalue weighted by atomic mass is 10.0. The molecule has 0 saturated heterocycles. The molecule has 3 aromatic rings. The fourth-order valence-electron chi connectivity index (χ4n) is 3.56. The Kier molecular flexibility index (Phi) is 9.98. The molecule has 11 heteroatoms. The molecule has 1 unspecified atom stereocenters. The summed E-state index contributed by atoms with van der Waals surface area (Å²) in [4.78, 5) is 28.5. The minimum absolute atomic E-state index is 0.0439. The second kappa shape index (κ2) is 12.8. The van der Waals surface area contributed by atoms with Gasteiger partial charge in [-0.1, -0.05) is 83.3 Å². The molecule has 37 heavy (non-hydrogen) atoms. The smallest absolute Gasteiger partial charge is 0.247 e. The Labute approximate surface area is 232 Å². The topological polar surface area (TPSA) is 86.8 Å². The van der Waals surface area contributed by atoms with E-state index in [0.717, 1.165) is 10.6 Å². The normalized spacial score (nSPS) is 12.3. The van der Waals surface area contributed by atoms with E-state index in [1.54, 1.807) is 72.8 Å². The summed E-state index contributed by atoms with van der Waals surface area (Å²) in [7, 11) is -2.32. The molecule has 0 radical (unpaired) electrons. The van der Waals surface area contributed by atoms with Crippen molar-refractivity contribution in [3.8, 4) is 0 Å². The van der Waals surface area contributed by atoms with Crippen molar-refractivity contribution < 1.29 is 18.0 Å². The molecule has 1 atom stereocenters. The van der Waals surface area contributed by atoms with Crippen LogP contribution in [0.2, 0.25) is 15.1 Å². The van der Waals surface area contributed by atoms with Gasteiger partial charge in [0.25, 0.3) is 0 Å². The highest BCUT2D eigenvalue weighted by atomic mass is 35.5. The summed E-state index contributed by atoms with van der Waals surface area (Å²) < 4.78 is 25.0. The molecule has 0 bridgehead atoms. The second-order valence-electron chi connectivity index (χ2n) is 8.43. The maximum Gasteiger partial charge on any atom is 0.247 e. The monoisotopic (exact) mass is 581 g/mol. The van der Waals surface area contributed by atoms with Gasteiger partial charge in [-0.2, -0.15) is 4.31 Å². The number of carbonyl (C=O) groups is 2. The number of benzene rings is 3. The Morgan fingerprint density at radius 3 is 2.14 bits per heavy atom. The lowest BCUT2D eigenvalue weighted by Crippen LogP contribution is -2.47. The maximum absolute atomic E-state index is 13.6. The van der Waals surface area contributed by atoms with Crippen LogP contribution in [0, 0.1) is 0 Å². The molecule has 1 N–H and O–H groups in total. The number of carbonyl (C=O) groups excluding carboxylic acids is 2. The van der Waals surface area contributed by atoms with Gasteiger partial charge in [-0.25, -0.2) is 8.42 Å². The molecule has 0 aliphatic heterocycles. The zero-order chi connectivity index (χ0) is 27.2. The van der Waals surface area contributed by atoms with Gasteiger partial charge in [0.1, 0.15) is 6.04 Å². The summed E-state index contributed by atoms with van der Waals surface area (Å²) in [6, 6.07) is 19.6. The van der Waals surface area contributed by atoms with Crippen LogP contribution in [-0.4, -0.2) is 49.3 Å². The number of likely N-dealkylation sites (N-methyl/N-ethyl adjacent to an activating group) is 1.